The third-order valence-corrected chi connectivity index (χ3v) is 1.61. The topological polar surface area (TPSA) is 20.2 Å². The monoisotopic (exact) mass is 188 g/mol. The summed E-state index contributed by atoms with van der Waals surface area (Å²) in [6.45, 7) is 3.20. The minimum absolute atomic E-state index is 0.325. The number of aliphatic hydroxyl groups is 1. The smallest absolute Gasteiger partial charge is 0.194 e. The summed E-state index contributed by atoms with van der Waals surface area (Å²) in [6.07, 6.45) is -0.300. The van der Waals surface area contributed by atoms with Crippen molar-refractivity contribution in [3.63, 3.8) is 0 Å². The van der Waals surface area contributed by atoms with Crippen molar-refractivity contribution < 1.29 is 18.3 Å². The fourth-order valence-electron chi connectivity index (χ4n) is 0.896. The van der Waals surface area contributed by atoms with E-state index in [9.17, 15) is 13.2 Å². The van der Waals surface area contributed by atoms with Crippen LogP contribution in [0.25, 0.3) is 0 Å². The molecule has 4 heteroatoms. The van der Waals surface area contributed by atoms with Crippen LogP contribution in [0.1, 0.15) is 11.7 Å². The lowest BCUT2D eigenvalue weighted by Crippen LogP contribution is -2.01. The molecule has 0 saturated carbocycles. The fraction of sp³-hybridized carbons (Fsp3) is 0.111. The molecule has 1 unspecified atom stereocenters. The molecule has 1 atom stereocenters. The lowest BCUT2D eigenvalue weighted by atomic mass is 10.1. The van der Waals surface area contributed by atoms with Crippen LogP contribution in [0.3, 0.4) is 0 Å². The van der Waals surface area contributed by atoms with Gasteiger partial charge in [0.1, 0.15) is 0 Å². The van der Waals surface area contributed by atoms with Crippen LogP contribution in [0.2, 0.25) is 0 Å². The van der Waals surface area contributed by atoms with Crippen LogP contribution in [0, 0.1) is 17.5 Å². The Morgan fingerprint density at radius 2 is 1.85 bits per heavy atom. The van der Waals surface area contributed by atoms with Gasteiger partial charge in [-0.25, -0.2) is 13.2 Å². The highest BCUT2D eigenvalue weighted by Gasteiger charge is 2.16. The van der Waals surface area contributed by atoms with Crippen LogP contribution in [-0.4, -0.2) is 5.11 Å². The van der Waals surface area contributed by atoms with E-state index in [1.54, 1.807) is 0 Å². The van der Waals surface area contributed by atoms with E-state index < -0.39 is 23.6 Å². The molecule has 0 aromatic heterocycles. The van der Waals surface area contributed by atoms with Crippen molar-refractivity contribution in [2.24, 2.45) is 0 Å². The predicted octanol–water partition coefficient (Wildman–Crippen LogP) is 2.32. The summed E-state index contributed by atoms with van der Waals surface area (Å²) in [6, 6.07) is 1.72. The van der Waals surface area contributed by atoms with Crippen molar-refractivity contribution in [2.75, 3.05) is 0 Å². The zero-order chi connectivity index (χ0) is 10.0. The normalized spacial score (nSPS) is 12.6. The highest BCUT2D eigenvalue weighted by molar-refractivity contribution is 5.24. The molecular weight excluding hydrogens is 181 g/mol. The number of hydrogen-bond donors (Lipinski definition) is 1. The lowest BCUT2D eigenvalue weighted by Gasteiger charge is -2.07. The van der Waals surface area contributed by atoms with Crippen molar-refractivity contribution in [1.82, 2.24) is 0 Å². The van der Waals surface area contributed by atoms with Crippen molar-refractivity contribution in [3.05, 3.63) is 47.8 Å². The number of benzene rings is 1. The molecule has 1 aromatic carbocycles. The second-order valence-corrected chi connectivity index (χ2v) is 2.45. The molecule has 0 bridgehead atoms. The minimum atomic E-state index is -1.58. The molecule has 0 saturated heterocycles. The molecule has 0 spiro atoms. The Morgan fingerprint density at radius 1 is 1.23 bits per heavy atom. The Labute approximate surface area is 73.1 Å². The van der Waals surface area contributed by atoms with Gasteiger partial charge in [-0.05, 0) is 6.07 Å². The zero-order valence-corrected chi connectivity index (χ0v) is 6.60. The Morgan fingerprint density at radius 3 is 2.38 bits per heavy atom. The Kier molecular flexibility index (Phi) is 2.72. The first-order chi connectivity index (χ1) is 6.07. The van der Waals surface area contributed by atoms with Crippen LogP contribution in [0.5, 0.6) is 0 Å². The summed E-state index contributed by atoms with van der Waals surface area (Å²) < 4.78 is 37.9. The Hall–Kier alpha value is -1.29. The second kappa shape index (κ2) is 3.62. The van der Waals surface area contributed by atoms with Crippen LogP contribution < -0.4 is 0 Å². The molecule has 1 aromatic rings. The summed E-state index contributed by atoms with van der Waals surface area (Å²) in [5, 5.41) is 9.08. The van der Waals surface area contributed by atoms with Gasteiger partial charge in [-0.2, -0.15) is 0 Å². The maximum Gasteiger partial charge on any atom is 0.194 e. The van der Waals surface area contributed by atoms with E-state index in [2.05, 4.69) is 6.58 Å². The average molecular weight is 188 g/mol. The standard InChI is InChI=1S/C9H7F3O/c1-2-7(13)5-3-4-6(10)9(12)8(5)11/h2-4,7,13H,1H2. The number of hydrogen-bond acceptors (Lipinski definition) is 1. The van der Waals surface area contributed by atoms with E-state index in [-0.39, 0.29) is 5.56 Å². The van der Waals surface area contributed by atoms with Crippen molar-refractivity contribution in [1.29, 1.82) is 0 Å². The van der Waals surface area contributed by atoms with Crippen LogP contribution in [-0.2, 0) is 0 Å². The summed E-state index contributed by atoms with van der Waals surface area (Å²) >= 11 is 0. The van der Waals surface area contributed by atoms with Crippen LogP contribution >= 0.6 is 0 Å². The molecule has 13 heavy (non-hydrogen) atoms. The van der Waals surface area contributed by atoms with E-state index in [1.165, 1.54) is 0 Å². The summed E-state index contributed by atoms with van der Waals surface area (Å²) in [5.41, 5.74) is -0.325. The van der Waals surface area contributed by atoms with Gasteiger partial charge < -0.3 is 5.11 Å². The summed E-state index contributed by atoms with van der Waals surface area (Å²) in [7, 11) is 0. The summed E-state index contributed by atoms with van der Waals surface area (Å²) in [5.74, 6) is -4.25. The van der Waals surface area contributed by atoms with E-state index >= 15 is 0 Å². The van der Waals surface area contributed by atoms with E-state index in [0.29, 0.717) is 0 Å². The van der Waals surface area contributed by atoms with Crippen molar-refractivity contribution in [3.8, 4) is 0 Å². The van der Waals surface area contributed by atoms with Crippen molar-refractivity contribution in [2.45, 2.75) is 6.10 Å². The number of rotatable bonds is 2. The number of halogens is 3. The first-order valence-electron chi connectivity index (χ1n) is 3.52. The highest BCUT2D eigenvalue weighted by atomic mass is 19.2. The fourth-order valence-corrected chi connectivity index (χ4v) is 0.896. The molecule has 0 aliphatic rings. The molecule has 0 radical (unpaired) electrons. The quantitative estimate of drug-likeness (QED) is 0.557. The third kappa shape index (κ3) is 1.72. The Bertz CT molecular complexity index is 336. The molecule has 70 valence electrons. The molecule has 0 heterocycles. The van der Waals surface area contributed by atoms with E-state index in [1.807, 2.05) is 0 Å². The Balaban J connectivity index is 3.25. The highest BCUT2D eigenvalue weighted by Crippen LogP contribution is 2.21. The van der Waals surface area contributed by atoms with Crippen LogP contribution in [0.15, 0.2) is 24.8 Å². The van der Waals surface area contributed by atoms with Gasteiger partial charge in [-0.3, -0.25) is 0 Å². The molecule has 1 rings (SSSR count). The molecule has 0 aliphatic carbocycles. The third-order valence-electron chi connectivity index (χ3n) is 1.61. The van der Waals surface area contributed by atoms with E-state index in [0.717, 1.165) is 18.2 Å². The molecule has 0 aliphatic heterocycles. The van der Waals surface area contributed by atoms with Gasteiger partial charge in [-0.15, -0.1) is 6.58 Å². The van der Waals surface area contributed by atoms with Gasteiger partial charge in [0, 0.05) is 5.56 Å². The molecular formula is C9H7F3O. The summed E-state index contributed by atoms with van der Waals surface area (Å²) in [4.78, 5) is 0. The van der Waals surface area contributed by atoms with E-state index in [4.69, 9.17) is 5.11 Å². The first kappa shape index (κ1) is 9.80. The lowest BCUT2D eigenvalue weighted by molar-refractivity contribution is 0.221. The maximum atomic E-state index is 12.9. The largest absolute Gasteiger partial charge is 0.384 e. The zero-order valence-electron chi connectivity index (χ0n) is 6.60. The predicted molar refractivity (Wildman–Crippen MR) is 41.5 cm³/mol. The average Bonchev–Trinajstić information content (AvgIpc) is 2.13. The molecule has 0 fully saturated rings. The first-order valence-corrected chi connectivity index (χ1v) is 3.52. The molecule has 1 nitrogen and oxygen atoms in total. The van der Waals surface area contributed by atoms with Gasteiger partial charge >= 0.3 is 0 Å². The maximum absolute atomic E-state index is 12.9. The van der Waals surface area contributed by atoms with Gasteiger partial charge in [-0.1, -0.05) is 12.1 Å². The number of aliphatic hydroxyl groups excluding tert-OH is 1. The van der Waals surface area contributed by atoms with Gasteiger partial charge in [0.2, 0.25) is 0 Å². The van der Waals surface area contributed by atoms with Crippen molar-refractivity contribution >= 4 is 0 Å². The van der Waals surface area contributed by atoms with Crippen LogP contribution in [0.4, 0.5) is 13.2 Å². The van der Waals surface area contributed by atoms with Gasteiger partial charge in [0.25, 0.3) is 0 Å². The van der Waals surface area contributed by atoms with Gasteiger partial charge in [0.15, 0.2) is 17.5 Å². The second-order valence-electron chi connectivity index (χ2n) is 2.45. The van der Waals surface area contributed by atoms with Gasteiger partial charge in [0.05, 0.1) is 6.10 Å². The SMILES string of the molecule is C=CC(O)c1ccc(F)c(F)c1F. The molecule has 0 amide bonds. The minimum Gasteiger partial charge on any atom is -0.384 e. The molecule has 1 N–H and O–H groups in total.